The van der Waals surface area contributed by atoms with Crippen molar-refractivity contribution in [3.05, 3.63) is 86.3 Å². The lowest BCUT2D eigenvalue weighted by molar-refractivity contribution is 0.859. The van der Waals surface area contributed by atoms with Crippen LogP contribution in [0.3, 0.4) is 0 Å². The van der Waals surface area contributed by atoms with E-state index in [4.69, 9.17) is 11.6 Å². The van der Waals surface area contributed by atoms with Crippen LogP contribution in [0.25, 0.3) is 16.4 Å². The van der Waals surface area contributed by atoms with Gasteiger partial charge in [0.2, 0.25) is 0 Å². The van der Waals surface area contributed by atoms with Crippen LogP contribution < -0.4 is 16.4 Å². The van der Waals surface area contributed by atoms with E-state index in [9.17, 15) is 9.59 Å². The molecule has 3 aromatic heterocycles. The van der Waals surface area contributed by atoms with E-state index in [-0.39, 0.29) is 17.2 Å². The summed E-state index contributed by atoms with van der Waals surface area (Å²) in [4.78, 5) is 31.9. The average molecular weight is 367 g/mol. The van der Waals surface area contributed by atoms with Crippen molar-refractivity contribution in [3.63, 3.8) is 0 Å². The quantitative estimate of drug-likeness (QED) is 0.582. The molecular formula is C19H15ClN4O2. The van der Waals surface area contributed by atoms with Crippen molar-refractivity contribution >= 4 is 33.7 Å². The summed E-state index contributed by atoms with van der Waals surface area (Å²) in [6.07, 6.45) is 4.78. The van der Waals surface area contributed by atoms with Gasteiger partial charge in [-0.15, -0.1) is 0 Å². The van der Waals surface area contributed by atoms with Crippen molar-refractivity contribution in [2.45, 2.75) is 13.0 Å². The number of H-pyrrole nitrogens is 1. The number of aromatic amines is 1. The lowest BCUT2D eigenvalue weighted by Gasteiger charge is -2.15. The van der Waals surface area contributed by atoms with Gasteiger partial charge < -0.3 is 10.3 Å². The molecule has 0 saturated heterocycles. The van der Waals surface area contributed by atoms with Crippen LogP contribution in [0.15, 0.2) is 64.6 Å². The van der Waals surface area contributed by atoms with E-state index in [0.717, 1.165) is 5.39 Å². The van der Waals surface area contributed by atoms with Crippen molar-refractivity contribution in [1.29, 1.82) is 0 Å². The summed E-state index contributed by atoms with van der Waals surface area (Å²) in [6, 6.07) is 10.2. The summed E-state index contributed by atoms with van der Waals surface area (Å²) in [5.74, 6) is 0. The van der Waals surface area contributed by atoms with Crippen LogP contribution in [0.2, 0.25) is 5.02 Å². The molecule has 0 radical (unpaired) electrons. The highest BCUT2D eigenvalue weighted by molar-refractivity contribution is 6.31. The first-order chi connectivity index (χ1) is 12.5. The predicted molar refractivity (Wildman–Crippen MR) is 103 cm³/mol. The van der Waals surface area contributed by atoms with Gasteiger partial charge in [-0.1, -0.05) is 11.6 Å². The van der Waals surface area contributed by atoms with Crippen LogP contribution >= 0.6 is 11.6 Å². The first-order valence-electron chi connectivity index (χ1n) is 8.07. The topological polar surface area (TPSA) is 79.3 Å². The number of anilines is 1. The van der Waals surface area contributed by atoms with Gasteiger partial charge in [-0.25, -0.2) is 0 Å². The largest absolute Gasteiger partial charge is 0.374 e. The Morgan fingerprint density at radius 3 is 2.88 bits per heavy atom. The summed E-state index contributed by atoms with van der Waals surface area (Å²) in [5, 5.41) is 4.56. The molecule has 26 heavy (non-hydrogen) atoms. The van der Waals surface area contributed by atoms with E-state index in [2.05, 4.69) is 15.3 Å². The number of benzene rings is 1. The highest BCUT2D eigenvalue weighted by atomic mass is 35.5. The van der Waals surface area contributed by atoms with E-state index in [0.29, 0.717) is 27.3 Å². The molecule has 0 spiro atoms. The molecule has 0 aliphatic carbocycles. The Morgan fingerprint density at radius 1 is 1.19 bits per heavy atom. The Labute approximate surface area is 153 Å². The molecule has 0 aliphatic rings. The van der Waals surface area contributed by atoms with Crippen molar-refractivity contribution in [3.8, 4) is 0 Å². The van der Waals surface area contributed by atoms with Crippen LogP contribution in [-0.2, 0) is 0 Å². The SMILES string of the molecule is C[C@H](Nc1ccc2cnccn2c1=O)c1cc2cc(Cl)ccc2[nH]c1=O. The lowest BCUT2D eigenvalue weighted by Crippen LogP contribution is -2.24. The molecule has 1 aromatic carbocycles. The summed E-state index contributed by atoms with van der Waals surface area (Å²) in [6.45, 7) is 1.84. The molecule has 1 atom stereocenters. The Morgan fingerprint density at radius 2 is 2.04 bits per heavy atom. The standard InChI is InChI=1S/C19H15ClN4O2/c1-11(15-9-12-8-13(20)2-4-16(12)23-18(15)25)22-17-5-3-14-10-21-6-7-24(14)19(17)26/h2-11,22H,1H3,(H,23,25)/t11-/m0/s1. The van der Waals surface area contributed by atoms with E-state index in [1.165, 1.54) is 4.40 Å². The number of hydrogen-bond donors (Lipinski definition) is 2. The van der Waals surface area contributed by atoms with Crippen molar-refractivity contribution in [1.82, 2.24) is 14.4 Å². The number of halogens is 1. The number of aromatic nitrogens is 3. The van der Waals surface area contributed by atoms with Gasteiger partial charge >= 0.3 is 0 Å². The first kappa shape index (κ1) is 16.4. The number of nitrogens with zero attached hydrogens (tertiary/aromatic N) is 2. The Bertz CT molecular complexity index is 1250. The number of pyridine rings is 2. The van der Waals surface area contributed by atoms with Gasteiger partial charge in [-0.2, -0.15) is 0 Å². The maximum absolute atomic E-state index is 12.6. The second-order valence-corrected chi connectivity index (χ2v) is 6.51. The Hall–Kier alpha value is -3.12. The minimum Gasteiger partial charge on any atom is -0.374 e. The second-order valence-electron chi connectivity index (χ2n) is 6.07. The molecule has 4 rings (SSSR count). The van der Waals surface area contributed by atoms with E-state index >= 15 is 0 Å². The van der Waals surface area contributed by atoms with Gasteiger partial charge in [-0.05, 0) is 43.3 Å². The van der Waals surface area contributed by atoms with E-state index in [1.54, 1.807) is 55.0 Å². The van der Waals surface area contributed by atoms with Crippen LogP contribution in [-0.4, -0.2) is 14.4 Å². The molecule has 130 valence electrons. The number of rotatable bonds is 3. The van der Waals surface area contributed by atoms with Crippen LogP contribution in [0.1, 0.15) is 18.5 Å². The maximum atomic E-state index is 12.6. The number of fused-ring (bicyclic) bond motifs is 2. The molecule has 0 aliphatic heterocycles. The molecule has 0 unspecified atom stereocenters. The summed E-state index contributed by atoms with van der Waals surface area (Å²) in [5.41, 5.74) is 1.95. The smallest absolute Gasteiger partial charge is 0.278 e. The number of nitrogens with one attached hydrogen (secondary N) is 2. The molecule has 7 heteroatoms. The highest BCUT2D eigenvalue weighted by Gasteiger charge is 2.13. The molecule has 0 bridgehead atoms. The summed E-state index contributed by atoms with van der Waals surface area (Å²) in [7, 11) is 0. The third-order valence-electron chi connectivity index (χ3n) is 4.33. The molecule has 6 nitrogen and oxygen atoms in total. The van der Waals surface area contributed by atoms with Crippen LogP contribution in [0.5, 0.6) is 0 Å². The molecule has 0 fully saturated rings. The van der Waals surface area contributed by atoms with Crippen LogP contribution in [0.4, 0.5) is 5.69 Å². The minimum atomic E-state index is -0.366. The lowest BCUT2D eigenvalue weighted by atomic mass is 10.1. The molecule has 2 N–H and O–H groups in total. The van der Waals surface area contributed by atoms with E-state index < -0.39 is 0 Å². The zero-order valence-corrected chi connectivity index (χ0v) is 14.6. The zero-order valence-electron chi connectivity index (χ0n) is 13.9. The summed E-state index contributed by atoms with van der Waals surface area (Å²) >= 11 is 6.04. The van der Waals surface area contributed by atoms with Gasteiger partial charge in [0, 0.05) is 33.9 Å². The second kappa shape index (κ2) is 6.31. The minimum absolute atomic E-state index is 0.197. The van der Waals surface area contributed by atoms with Crippen molar-refractivity contribution in [2.24, 2.45) is 0 Å². The number of hydrogen-bond acceptors (Lipinski definition) is 4. The van der Waals surface area contributed by atoms with Gasteiger partial charge in [0.1, 0.15) is 5.69 Å². The third kappa shape index (κ3) is 2.84. The Balaban J connectivity index is 1.75. The van der Waals surface area contributed by atoms with Crippen LogP contribution in [0, 0.1) is 0 Å². The molecular weight excluding hydrogens is 352 g/mol. The van der Waals surface area contributed by atoms with E-state index in [1.807, 2.05) is 6.92 Å². The Kier molecular flexibility index (Phi) is 3.97. The van der Waals surface area contributed by atoms with Gasteiger partial charge in [0.25, 0.3) is 11.1 Å². The fourth-order valence-corrected chi connectivity index (χ4v) is 3.17. The average Bonchev–Trinajstić information content (AvgIpc) is 2.64. The van der Waals surface area contributed by atoms with Crippen molar-refractivity contribution < 1.29 is 0 Å². The van der Waals surface area contributed by atoms with Gasteiger partial charge in [-0.3, -0.25) is 19.0 Å². The monoisotopic (exact) mass is 366 g/mol. The first-order valence-corrected chi connectivity index (χ1v) is 8.45. The fourth-order valence-electron chi connectivity index (χ4n) is 2.99. The maximum Gasteiger partial charge on any atom is 0.278 e. The summed E-state index contributed by atoms with van der Waals surface area (Å²) < 4.78 is 1.51. The molecule has 3 heterocycles. The van der Waals surface area contributed by atoms with Gasteiger partial charge in [0.05, 0.1) is 17.8 Å². The third-order valence-corrected chi connectivity index (χ3v) is 4.57. The molecule has 0 amide bonds. The zero-order chi connectivity index (χ0) is 18.3. The fraction of sp³-hybridized carbons (Fsp3) is 0.105. The molecule has 4 aromatic rings. The molecule has 0 saturated carbocycles. The van der Waals surface area contributed by atoms with Gasteiger partial charge in [0.15, 0.2) is 0 Å². The predicted octanol–water partition coefficient (Wildman–Crippen LogP) is 3.36. The normalized spacial score (nSPS) is 12.4. The highest BCUT2D eigenvalue weighted by Crippen LogP contribution is 2.21. The van der Waals surface area contributed by atoms with Crippen molar-refractivity contribution in [2.75, 3.05) is 5.32 Å².